The molecule has 0 saturated heterocycles. The molecule has 1 aliphatic rings. The number of carbonyl (C=O) groups is 1. The van der Waals surface area contributed by atoms with Gasteiger partial charge in [-0.05, 0) is 25.1 Å². The smallest absolute Gasteiger partial charge is 0.302 e. The van der Waals surface area contributed by atoms with Gasteiger partial charge in [-0.25, -0.2) is 4.99 Å². The number of halogens is 1. The summed E-state index contributed by atoms with van der Waals surface area (Å²) in [5, 5.41) is 13.8. The maximum absolute atomic E-state index is 13.3. The first-order valence-electron chi connectivity index (χ1n) is 10.9. The van der Waals surface area contributed by atoms with E-state index >= 15 is 0 Å². The summed E-state index contributed by atoms with van der Waals surface area (Å²) in [5.74, 6) is 0.0996. The number of nitrogens with two attached hydrogens (primary N) is 1. The van der Waals surface area contributed by atoms with Crippen LogP contribution >= 0.6 is 11.6 Å². The lowest BCUT2D eigenvalue weighted by Crippen LogP contribution is -2.39. The molecule has 3 heterocycles. The number of aryl methyl sites for hydroxylation is 1. The molecule has 1 unspecified atom stereocenters. The highest BCUT2D eigenvalue weighted by Gasteiger charge is 2.31. The minimum Gasteiger partial charge on any atom is -0.421 e. The van der Waals surface area contributed by atoms with Gasteiger partial charge in [0.25, 0.3) is 5.91 Å². The topological polar surface area (TPSA) is 135 Å². The van der Waals surface area contributed by atoms with Crippen LogP contribution in [-0.4, -0.2) is 26.6 Å². The van der Waals surface area contributed by atoms with E-state index in [1.807, 2.05) is 38.4 Å². The number of anilines is 2. The lowest BCUT2D eigenvalue weighted by Gasteiger charge is -2.27. The number of nitrogen functional groups attached to an aromatic ring is 1. The number of fused-ring (bicyclic) bond motifs is 1. The summed E-state index contributed by atoms with van der Waals surface area (Å²) >= 11 is 6.51. The van der Waals surface area contributed by atoms with Crippen LogP contribution in [0.1, 0.15) is 24.1 Å². The van der Waals surface area contributed by atoms with Gasteiger partial charge in [0.2, 0.25) is 5.96 Å². The standard InChI is InChI=1S/C24H23ClN8O2/c1-13-19(22(34)27-10-14-11-28-33(2)12-14)20(15-6-3-4-7-16(15)25)31-23(29-13)32-24-30-18-9-5-8-17(26)21(18)35-24/h3-9,11-12,20H,10,26H2,1-2H3,(H,27,34)(H2,29,30,31,32). The van der Waals surface area contributed by atoms with Crippen LogP contribution in [-0.2, 0) is 18.4 Å². The van der Waals surface area contributed by atoms with E-state index in [9.17, 15) is 4.79 Å². The zero-order chi connectivity index (χ0) is 24.5. The Hall–Kier alpha value is -4.31. The number of rotatable bonds is 5. The number of hydrogen-bond acceptors (Lipinski definition) is 8. The molecule has 0 spiro atoms. The highest BCUT2D eigenvalue weighted by molar-refractivity contribution is 6.31. The number of nitrogens with one attached hydrogen (secondary N) is 3. The van der Waals surface area contributed by atoms with Crippen LogP contribution in [0.25, 0.3) is 11.1 Å². The molecule has 0 bridgehead atoms. The molecule has 4 aromatic rings. The molecule has 2 aromatic carbocycles. The lowest BCUT2D eigenvalue weighted by atomic mass is 9.95. The fourth-order valence-corrected chi connectivity index (χ4v) is 4.16. The van der Waals surface area contributed by atoms with Crippen molar-refractivity contribution in [2.24, 2.45) is 12.0 Å². The molecule has 1 amide bonds. The molecule has 0 fully saturated rings. The number of guanidine groups is 1. The molecule has 2 aromatic heterocycles. The molecule has 1 atom stereocenters. The molecule has 10 nitrogen and oxygen atoms in total. The number of aromatic nitrogens is 3. The Kier molecular flexibility index (Phi) is 5.87. The van der Waals surface area contributed by atoms with Crippen LogP contribution in [0.3, 0.4) is 0 Å². The van der Waals surface area contributed by atoms with Crippen LogP contribution in [0.15, 0.2) is 75.5 Å². The number of allylic oxidation sites excluding steroid dienone is 1. The van der Waals surface area contributed by atoms with Crippen LogP contribution in [0, 0.1) is 0 Å². The Labute approximate surface area is 205 Å². The minimum absolute atomic E-state index is 0.222. The van der Waals surface area contributed by atoms with Gasteiger partial charge in [-0.3, -0.25) is 14.8 Å². The van der Waals surface area contributed by atoms with Crippen molar-refractivity contribution in [2.45, 2.75) is 19.5 Å². The number of amides is 1. The predicted octanol–water partition coefficient (Wildman–Crippen LogP) is 3.50. The second kappa shape index (κ2) is 9.15. The van der Waals surface area contributed by atoms with E-state index in [0.29, 0.717) is 51.1 Å². The van der Waals surface area contributed by atoms with E-state index in [4.69, 9.17) is 26.7 Å². The third-order valence-corrected chi connectivity index (χ3v) is 5.91. The third-order valence-electron chi connectivity index (χ3n) is 5.57. The first-order chi connectivity index (χ1) is 16.9. The highest BCUT2D eigenvalue weighted by Crippen LogP contribution is 2.35. The Bertz CT molecular complexity index is 1490. The van der Waals surface area contributed by atoms with Crippen molar-refractivity contribution < 1.29 is 9.21 Å². The quantitative estimate of drug-likeness (QED) is 0.314. The number of hydrogen-bond donors (Lipinski definition) is 4. The molecule has 5 N–H and O–H groups in total. The molecule has 35 heavy (non-hydrogen) atoms. The first-order valence-corrected chi connectivity index (χ1v) is 11.2. The van der Waals surface area contributed by atoms with Gasteiger partial charge in [-0.1, -0.05) is 35.9 Å². The average molecular weight is 491 g/mol. The van der Waals surface area contributed by atoms with Gasteiger partial charge < -0.3 is 20.8 Å². The Balaban J connectivity index is 1.45. The number of oxazole rings is 1. The van der Waals surface area contributed by atoms with Crippen molar-refractivity contribution in [2.75, 3.05) is 11.1 Å². The molecule has 1 aliphatic heterocycles. The van der Waals surface area contributed by atoms with Crippen molar-refractivity contribution in [3.8, 4) is 0 Å². The fraction of sp³-hybridized carbons (Fsp3) is 0.167. The number of aliphatic imine (C=N–C) groups is 1. The van der Waals surface area contributed by atoms with Gasteiger partial charge in [0, 0.05) is 41.6 Å². The van der Waals surface area contributed by atoms with Crippen molar-refractivity contribution in [3.05, 3.63) is 82.3 Å². The second-order valence-corrected chi connectivity index (χ2v) is 8.52. The van der Waals surface area contributed by atoms with E-state index in [2.05, 4.69) is 26.0 Å². The van der Waals surface area contributed by atoms with E-state index in [0.717, 1.165) is 5.56 Å². The summed E-state index contributed by atoms with van der Waals surface area (Å²) in [6.45, 7) is 2.14. The van der Waals surface area contributed by atoms with Gasteiger partial charge in [0.15, 0.2) is 5.58 Å². The summed E-state index contributed by atoms with van der Waals surface area (Å²) in [6, 6.07) is 12.2. The van der Waals surface area contributed by atoms with Crippen LogP contribution in [0.2, 0.25) is 5.02 Å². The molecule has 5 rings (SSSR count). The monoisotopic (exact) mass is 490 g/mol. The largest absolute Gasteiger partial charge is 0.421 e. The first kappa shape index (κ1) is 22.5. The maximum Gasteiger partial charge on any atom is 0.302 e. The highest BCUT2D eigenvalue weighted by atomic mass is 35.5. The summed E-state index contributed by atoms with van der Waals surface area (Å²) < 4.78 is 7.45. The molecule has 0 radical (unpaired) electrons. The summed E-state index contributed by atoms with van der Waals surface area (Å²) in [4.78, 5) is 22.5. The summed E-state index contributed by atoms with van der Waals surface area (Å²) in [6.07, 6.45) is 3.55. The molecule has 11 heteroatoms. The average Bonchev–Trinajstić information content (AvgIpc) is 3.43. The van der Waals surface area contributed by atoms with Gasteiger partial charge in [0.1, 0.15) is 11.6 Å². The SMILES string of the molecule is CC1=C(C(=O)NCc2cnn(C)c2)C(c2ccccc2Cl)N=C(Nc2nc3cccc(N)c3o2)N1. The predicted molar refractivity (Wildman–Crippen MR) is 135 cm³/mol. The zero-order valence-electron chi connectivity index (χ0n) is 19.0. The number of carbonyl (C=O) groups excluding carboxylic acids is 1. The fourth-order valence-electron chi connectivity index (χ4n) is 3.92. The van der Waals surface area contributed by atoms with Crippen LogP contribution in [0.5, 0.6) is 0 Å². The van der Waals surface area contributed by atoms with Gasteiger partial charge in [-0.2, -0.15) is 10.1 Å². The normalized spacial score (nSPS) is 15.6. The number of benzene rings is 2. The molecular weight excluding hydrogens is 468 g/mol. The molecule has 178 valence electrons. The van der Waals surface area contributed by atoms with E-state index in [1.165, 1.54) is 0 Å². The Morgan fingerprint density at radius 3 is 2.83 bits per heavy atom. The molecule has 0 saturated carbocycles. The van der Waals surface area contributed by atoms with Crippen molar-refractivity contribution >= 4 is 46.3 Å². The summed E-state index contributed by atoms with van der Waals surface area (Å²) in [7, 11) is 1.82. The Morgan fingerprint density at radius 2 is 2.09 bits per heavy atom. The zero-order valence-corrected chi connectivity index (χ0v) is 19.8. The molecular formula is C24H23ClN8O2. The van der Waals surface area contributed by atoms with Crippen molar-refractivity contribution in [3.63, 3.8) is 0 Å². The third kappa shape index (κ3) is 4.56. The minimum atomic E-state index is -0.657. The van der Waals surface area contributed by atoms with Crippen LogP contribution in [0.4, 0.5) is 11.7 Å². The lowest BCUT2D eigenvalue weighted by molar-refractivity contribution is -0.118. The van der Waals surface area contributed by atoms with Crippen LogP contribution < -0.4 is 21.7 Å². The van der Waals surface area contributed by atoms with E-state index in [1.54, 1.807) is 35.1 Å². The van der Waals surface area contributed by atoms with Gasteiger partial charge in [-0.15, -0.1) is 0 Å². The maximum atomic E-state index is 13.3. The van der Waals surface area contributed by atoms with E-state index in [-0.39, 0.29) is 11.9 Å². The van der Waals surface area contributed by atoms with Gasteiger partial charge in [0.05, 0.1) is 17.5 Å². The molecule has 0 aliphatic carbocycles. The van der Waals surface area contributed by atoms with E-state index < -0.39 is 6.04 Å². The van der Waals surface area contributed by atoms with Crippen molar-refractivity contribution in [1.29, 1.82) is 0 Å². The Morgan fingerprint density at radius 1 is 1.26 bits per heavy atom. The number of nitrogens with zero attached hydrogens (tertiary/aromatic N) is 4. The second-order valence-electron chi connectivity index (χ2n) is 8.11. The number of para-hydroxylation sites is 1. The van der Waals surface area contributed by atoms with Gasteiger partial charge >= 0.3 is 6.01 Å². The van der Waals surface area contributed by atoms with Crippen molar-refractivity contribution in [1.82, 2.24) is 25.4 Å². The summed E-state index contributed by atoms with van der Waals surface area (Å²) in [5.41, 5.74) is 10.2.